The summed E-state index contributed by atoms with van der Waals surface area (Å²) in [4.78, 5) is 14.2. The second-order valence-corrected chi connectivity index (χ2v) is 5.99. The van der Waals surface area contributed by atoms with E-state index in [4.69, 9.17) is 0 Å². The van der Waals surface area contributed by atoms with Gasteiger partial charge in [0.05, 0.1) is 12.6 Å². The maximum atomic E-state index is 12.9. The lowest BCUT2D eigenvalue weighted by molar-refractivity contribution is -0.116. The summed E-state index contributed by atoms with van der Waals surface area (Å²) in [7, 11) is 0. The summed E-state index contributed by atoms with van der Waals surface area (Å²) in [6, 6.07) is 13.8. The van der Waals surface area contributed by atoms with E-state index in [1.54, 1.807) is 12.1 Å². The van der Waals surface area contributed by atoms with Gasteiger partial charge in [-0.1, -0.05) is 24.3 Å². The number of aliphatic hydroxyl groups is 1. The molecule has 1 amide bonds. The number of amides is 1. The van der Waals surface area contributed by atoms with Crippen molar-refractivity contribution in [1.82, 2.24) is 4.90 Å². The van der Waals surface area contributed by atoms with E-state index in [-0.39, 0.29) is 24.4 Å². The molecule has 5 heteroatoms. The molecule has 0 bridgehead atoms. The number of nitrogens with one attached hydrogen (secondary N) is 1. The van der Waals surface area contributed by atoms with E-state index in [1.165, 1.54) is 17.7 Å². The SMILES string of the molecule is O=C(CCN1CCc2ccccc2C1CO)Nc1ccc(F)cc1. The van der Waals surface area contributed by atoms with Crippen molar-refractivity contribution >= 4 is 11.6 Å². The van der Waals surface area contributed by atoms with Crippen LogP contribution in [0.1, 0.15) is 23.6 Å². The predicted octanol–water partition coefficient (Wildman–Crippen LogP) is 2.75. The van der Waals surface area contributed by atoms with E-state index in [2.05, 4.69) is 16.3 Å². The van der Waals surface area contributed by atoms with E-state index in [9.17, 15) is 14.3 Å². The number of fused-ring (bicyclic) bond motifs is 1. The van der Waals surface area contributed by atoms with Gasteiger partial charge in [-0.05, 0) is 41.8 Å². The van der Waals surface area contributed by atoms with Gasteiger partial charge in [0.2, 0.25) is 5.91 Å². The standard InChI is InChI=1S/C19H21FN2O2/c20-15-5-7-16(8-6-15)21-19(24)10-12-22-11-9-14-3-1-2-4-17(14)18(22)13-23/h1-8,18,23H,9-13H2,(H,21,24). The van der Waals surface area contributed by atoms with Crippen LogP contribution < -0.4 is 5.32 Å². The molecule has 1 atom stereocenters. The van der Waals surface area contributed by atoms with Crippen molar-refractivity contribution in [3.63, 3.8) is 0 Å². The van der Waals surface area contributed by atoms with Crippen LogP contribution >= 0.6 is 0 Å². The van der Waals surface area contributed by atoms with Crippen LogP contribution in [-0.4, -0.2) is 35.6 Å². The summed E-state index contributed by atoms with van der Waals surface area (Å²) >= 11 is 0. The Bertz CT molecular complexity index is 703. The molecule has 1 aliphatic rings. The summed E-state index contributed by atoms with van der Waals surface area (Å²) in [5.41, 5.74) is 3.00. The van der Waals surface area contributed by atoms with Gasteiger partial charge >= 0.3 is 0 Å². The minimum atomic E-state index is -0.328. The van der Waals surface area contributed by atoms with E-state index >= 15 is 0 Å². The highest BCUT2D eigenvalue weighted by molar-refractivity contribution is 5.90. The monoisotopic (exact) mass is 328 g/mol. The molecule has 0 radical (unpaired) electrons. The lowest BCUT2D eigenvalue weighted by Crippen LogP contribution is -2.39. The zero-order valence-electron chi connectivity index (χ0n) is 13.4. The Morgan fingerprint density at radius 3 is 2.71 bits per heavy atom. The zero-order valence-corrected chi connectivity index (χ0v) is 13.4. The summed E-state index contributed by atoms with van der Waals surface area (Å²) in [6.45, 7) is 1.44. The van der Waals surface area contributed by atoms with Crippen molar-refractivity contribution in [2.24, 2.45) is 0 Å². The highest BCUT2D eigenvalue weighted by Gasteiger charge is 2.26. The Hall–Kier alpha value is -2.24. The lowest BCUT2D eigenvalue weighted by Gasteiger charge is -2.36. The molecule has 126 valence electrons. The molecular weight excluding hydrogens is 307 g/mol. The smallest absolute Gasteiger partial charge is 0.225 e. The van der Waals surface area contributed by atoms with Crippen LogP contribution in [0.25, 0.3) is 0 Å². The molecule has 2 aromatic carbocycles. The predicted molar refractivity (Wildman–Crippen MR) is 91.2 cm³/mol. The molecule has 1 aliphatic heterocycles. The molecule has 1 heterocycles. The molecule has 0 saturated carbocycles. The Morgan fingerprint density at radius 1 is 1.21 bits per heavy atom. The van der Waals surface area contributed by atoms with Crippen molar-refractivity contribution in [3.05, 3.63) is 65.5 Å². The maximum absolute atomic E-state index is 12.9. The molecule has 0 spiro atoms. The van der Waals surface area contributed by atoms with E-state index in [0.717, 1.165) is 18.5 Å². The number of benzene rings is 2. The van der Waals surface area contributed by atoms with E-state index in [0.29, 0.717) is 18.7 Å². The van der Waals surface area contributed by atoms with Gasteiger partial charge in [0.1, 0.15) is 5.82 Å². The van der Waals surface area contributed by atoms with Crippen molar-refractivity contribution in [2.45, 2.75) is 18.9 Å². The van der Waals surface area contributed by atoms with Gasteiger partial charge in [-0.15, -0.1) is 0 Å². The average molecular weight is 328 g/mol. The van der Waals surface area contributed by atoms with Gasteiger partial charge in [-0.2, -0.15) is 0 Å². The number of carbonyl (C=O) groups is 1. The van der Waals surface area contributed by atoms with Crippen LogP contribution in [0.3, 0.4) is 0 Å². The number of nitrogens with zero attached hydrogens (tertiary/aromatic N) is 1. The number of aliphatic hydroxyl groups excluding tert-OH is 1. The first-order chi connectivity index (χ1) is 11.7. The topological polar surface area (TPSA) is 52.6 Å². The first-order valence-corrected chi connectivity index (χ1v) is 8.15. The van der Waals surface area contributed by atoms with E-state index < -0.39 is 0 Å². The molecule has 2 N–H and O–H groups in total. The summed E-state index contributed by atoms with van der Waals surface area (Å²) in [5, 5.41) is 12.5. The fraction of sp³-hybridized carbons (Fsp3) is 0.316. The largest absolute Gasteiger partial charge is 0.394 e. The molecule has 24 heavy (non-hydrogen) atoms. The third kappa shape index (κ3) is 3.80. The first-order valence-electron chi connectivity index (χ1n) is 8.15. The second kappa shape index (κ2) is 7.55. The molecule has 0 saturated heterocycles. The molecule has 0 aromatic heterocycles. The zero-order chi connectivity index (χ0) is 16.9. The minimum Gasteiger partial charge on any atom is -0.394 e. The average Bonchev–Trinajstić information content (AvgIpc) is 2.61. The maximum Gasteiger partial charge on any atom is 0.225 e. The molecule has 0 aliphatic carbocycles. The first kappa shape index (κ1) is 16.6. The number of hydrogen-bond donors (Lipinski definition) is 2. The summed E-state index contributed by atoms with van der Waals surface area (Å²) in [6.07, 6.45) is 1.25. The number of anilines is 1. The molecule has 1 unspecified atom stereocenters. The van der Waals surface area contributed by atoms with Crippen molar-refractivity contribution in [3.8, 4) is 0 Å². The van der Waals surface area contributed by atoms with Crippen LogP contribution in [0.4, 0.5) is 10.1 Å². The Morgan fingerprint density at radius 2 is 1.96 bits per heavy atom. The van der Waals surface area contributed by atoms with E-state index in [1.807, 2.05) is 18.2 Å². The Kier molecular flexibility index (Phi) is 5.23. The summed E-state index contributed by atoms with van der Waals surface area (Å²) < 4.78 is 12.9. The lowest BCUT2D eigenvalue weighted by atomic mass is 9.93. The van der Waals surface area contributed by atoms with Crippen molar-refractivity contribution in [2.75, 3.05) is 25.0 Å². The highest BCUT2D eigenvalue weighted by Crippen LogP contribution is 2.29. The number of hydrogen-bond acceptors (Lipinski definition) is 3. The number of halogens is 1. The Balaban J connectivity index is 1.58. The fourth-order valence-corrected chi connectivity index (χ4v) is 3.19. The fourth-order valence-electron chi connectivity index (χ4n) is 3.19. The minimum absolute atomic E-state index is 0.0383. The van der Waals surface area contributed by atoms with Crippen molar-refractivity contribution < 1.29 is 14.3 Å². The molecule has 3 rings (SSSR count). The molecule has 2 aromatic rings. The van der Waals surface area contributed by atoms with Crippen LogP contribution in [0, 0.1) is 5.82 Å². The highest BCUT2D eigenvalue weighted by atomic mass is 19.1. The quantitative estimate of drug-likeness (QED) is 0.887. The normalized spacial score (nSPS) is 17.3. The van der Waals surface area contributed by atoms with Gasteiger partial charge in [0.15, 0.2) is 0 Å². The van der Waals surface area contributed by atoms with Gasteiger partial charge in [0.25, 0.3) is 0 Å². The van der Waals surface area contributed by atoms with Gasteiger partial charge in [-0.3, -0.25) is 9.69 Å². The molecular formula is C19H21FN2O2. The third-order valence-corrected chi connectivity index (χ3v) is 4.45. The van der Waals surface area contributed by atoms with Gasteiger partial charge in [-0.25, -0.2) is 4.39 Å². The van der Waals surface area contributed by atoms with Crippen LogP contribution in [-0.2, 0) is 11.2 Å². The second-order valence-electron chi connectivity index (χ2n) is 5.99. The third-order valence-electron chi connectivity index (χ3n) is 4.45. The number of rotatable bonds is 5. The molecule has 0 fully saturated rings. The van der Waals surface area contributed by atoms with Crippen LogP contribution in [0.5, 0.6) is 0 Å². The van der Waals surface area contributed by atoms with Gasteiger partial charge < -0.3 is 10.4 Å². The molecule has 4 nitrogen and oxygen atoms in total. The Labute approximate surface area is 140 Å². The van der Waals surface area contributed by atoms with Gasteiger partial charge in [0, 0.05) is 25.2 Å². The van der Waals surface area contributed by atoms with Crippen LogP contribution in [0.15, 0.2) is 48.5 Å². The van der Waals surface area contributed by atoms with Crippen molar-refractivity contribution in [1.29, 1.82) is 0 Å². The van der Waals surface area contributed by atoms with Crippen LogP contribution in [0.2, 0.25) is 0 Å². The summed E-state index contributed by atoms with van der Waals surface area (Å²) in [5.74, 6) is -0.442. The number of carbonyl (C=O) groups excluding carboxylic acids is 1.